The predicted octanol–water partition coefficient (Wildman–Crippen LogP) is 2.27. The Bertz CT molecular complexity index is 111. The van der Waals surface area contributed by atoms with Crippen LogP contribution >= 0.6 is 11.6 Å². The summed E-state index contributed by atoms with van der Waals surface area (Å²) in [7, 11) is 0. The van der Waals surface area contributed by atoms with Crippen molar-refractivity contribution in [1.82, 2.24) is 0 Å². The molecule has 1 aliphatic carbocycles. The van der Waals surface area contributed by atoms with Crippen molar-refractivity contribution in [2.24, 2.45) is 0 Å². The molecule has 1 radical (unpaired) electrons. The molecule has 37 valence electrons. The lowest BCUT2D eigenvalue weighted by Gasteiger charge is -1.95. The molecule has 0 fully saturated rings. The van der Waals surface area contributed by atoms with Gasteiger partial charge in [-0.2, -0.15) is 0 Å². The zero-order valence-corrected chi connectivity index (χ0v) is 4.65. The van der Waals surface area contributed by atoms with Gasteiger partial charge in [0.1, 0.15) is 0 Å². The van der Waals surface area contributed by atoms with Gasteiger partial charge in [-0.3, -0.25) is 0 Å². The predicted molar refractivity (Wildman–Crippen MR) is 32.0 cm³/mol. The first-order valence-electron chi connectivity index (χ1n) is 2.25. The van der Waals surface area contributed by atoms with Gasteiger partial charge in [-0.15, -0.1) is 0 Å². The van der Waals surface area contributed by atoms with E-state index >= 15 is 0 Å². The van der Waals surface area contributed by atoms with Crippen LogP contribution in [0.5, 0.6) is 0 Å². The van der Waals surface area contributed by atoms with Gasteiger partial charge in [0.15, 0.2) is 0 Å². The summed E-state index contributed by atoms with van der Waals surface area (Å²) in [5.41, 5.74) is 0. The average Bonchev–Trinajstić information content (AvgIpc) is 1.69. The van der Waals surface area contributed by atoms with Gasteiger partial charge in [0.2, 0.25) is 0 Å². The van der Waals surface area contributed by atoms with Crippen LogP contribution in [-0.4, -0.2) is 0 Å². The first kappa shape index (κ1) is 4.92. The third-order valence-corrected chi connectivity index (χ3v) is 1.12. The maximum Gasteiger partial charge on any atom is 0.0221 e. The van der Waals surface area contributed by atoms with Crippen LogP contribution in [0.1, 0.15) is 6.42 Å². The highest BCUT2D eigenvalue weighted by Gasteiger charge is 1.91. The maximum atomic E-state index is 5.57. The zero-order chi connectivity index (χ0) is 5.11. The zero-order valence-electron chi connectivity index (χ0n) is 3.89. The maximum absolute atomic E-state index is 5.57. The normalized spacial score (nSPS) is 19.3. The highest BCUT2D eigenvalue weighted by Crippen LogP contribution is 2.12. The minimum atomic E-state index is 0.850. The number of hydrogen-bond acceptors (Lipinski definition) is 0. The summed E-state index contributed by atoms with van der Waals surface area (Å²) >= 11 is 5.57. The van der Waals surface area contributed by atoms with Crippen LogP contribution in [0.3, 0.4) is 0 Å². The van der Waals surface area contributed by atoms with Crippen LogP contribution in [-0.2, 0) is 0 Å². The molecule has 0 atom stereocenters. The Kier molecular flexibility index (Phi) is 1.53. The lowest BCUT2D eigenvalue weighted by molar-refractivity contribution is 1.25. The Balaban J connectivity index is 2.57. The minimum absolute atomic E-state index is 0.850. The second-order valence-electron chi connectivity index (χ2n) is 1.42. The van der Waals surface area contributed by atoms with Crippen molar-refractivity contribution in [1.29, 1.82) is 0 Å². The van der Waals surface area contributed by atoms with Gasteiger partial charge in [-0.25, -0.2) is 0 Å². The summed E-state index contributed by atoms with van der Waals surface area (Å²) in [5.74, 6) is 0. The number of rotatable bonds is 0. The molecule has 0 bridgehead atoms. The van der Waals surface area contributed by atoms with E-state index in [1.165, 1.54) is 0 Å². The summed E-state index contributed by atoms with van der Waals surface area (Å²) in [4.78, 5) is 0. The summed E-state index contributed by atoms with van der Waals surface area (Å²) in [5, 5.41) is 0.850. The Morgan fingerprint density at radius 2 is 2.43 bits per heavy atom. The molecule has 0 aromatic carbocycles. The highest BCUT2D eigenvalue weighted by molar-refractivity contribution is 6.31. The molecule has 0 aliphatic heterocycles. The van der Waals surface area contributed by atoms with Crippen LogP contribution in [0.15, 0.2) is 23.3 Å². The molecule has 7 heavy (non-hydrogen) atoms. The van der Waals surface area contributed by atoms with Gasteiger partial charge in [0, 0.05) is 11.5 Å². The molecule has 0 spiro atoms. The SMILES string of the molecule is ClC1=CC=CC[CH]1. The molecule has 0 amide bonds. The molecule has 1 rings (SSSR count). The second kappa shape index (κ2) is 2.17. The molecule has 0 heterocycles. The smallest absolute Gasteiger partial charge is 0.0221 e. The first-order valence-corrected chi connectivity index (χ1v) is 2.63. The first-order chi connectivity index (χ1) is 3.39. The van der Waals surface area contributed by atoms with Crippen LogP contribution in [0.2, 0.25) is 0 Å². The monoisotopic (exact) mass is 113 g/mol. The van der Waals surface area contributed by atoms with Crippen molar-refractivity contribution in [3.05, 3.63) is 29.7 Å². The Morgan fingerprint density at radius 1 is 1.57 bits per heavy atom. The third-order valence-electron chi connectivity index (χ3n) is 0.840. The van der Waals surface area contributed by atoms with Gasteiger partial charge in [0.05, 0.1) is 0 Å². The summed E-state index contributed by atoms with van der Waals surface area (Å²) < 4.78 is 0. The van der Waals surface area contributed by atoms with E-state index in [0.717, 1.165) is 11.5 Å². The fourth-order valence-electron chi connectivity index (χ4n) is 0.487. The molecule has 0 aromatic rings. The molecule has 0 N–H and O–H groups in total. The summed E-state index contributed by atoms with van der Waals surface area (Å²) in [6, 6.07) is 0. The van der Waals surface area contributed by atoms with E-state index in [-0.39, 0.29) is 0 Å². The Hall–Kier alpha value is -0.230. The van der Waals surface area contributed by atoms with E-state index in [2.05, 4.69) is 6.08 Å². The van der Waals surface area contributed by atoms with Crippen molar-refractivity contribution in [3.8, 4) is 0 Å². The standard InChI is InChI=1S/C6H6Cl/c7-6-4-2-1-3-5-6/h1-2,4-5H,3H2. The van der Waals surface area contributed by atoms with Crippen molar-refractivity contribution >= 4 is 11.6 Å². The molecule has 1 aliphatic rings. The van der Waals surface area contributed by atoms with Crippen LogP contribution < -0.4 is 0 Å². The molecule has 0 saturated carbocycles. The fourth-order valence-corrected chi connectivity index (χ4v) is 0.649. The van der Waals surface area contributed by atoms with Crippen LogP contribution in [0, 0.1) is 6.42 Å². The number of halogens is 1. The van der Waals surface area contributed by atoms with Gasteiger partial charge >= 0.3 is 0 Å². The highest BCUT2D eigenvalue weighted by atomic mass is 35.5. The Morgan fingerprint density at radius 3 is 2.71 bits per heavy atom. The van der Waals surface area contributed by atoms with E-state index in [0.29, 0.717) is 0 Å². The molecular formula is C6H6Cl. The van der Waals surface area contributed by atoms with E-state index < -0.39 is 0 Å². The molecule has 0 aromatic heterocycles. The van der Waals surface area contributed by atoms with Gasteiger partial charge in [-0.1, -0.05) is 23.8 Å². The number of hydrogen-bond donors (Lipinski definition) is 0. The van der Waals surface area contributed by atoms with Gasteiger partial charge < -0.3 is 0 Å². The van der Waals surface area contributed by atoms with E-state index in [4.69, 9.17) is 11.6 Å². The van der Waals surface area contributed by atoms with E-state index in [9.17, 15) is 0 Å². The van der Waals surface area contributed by atoms with Crippen molar-refractivity contribution < 1.29 is 0 Å². The van der Waals surface area contributed by atoms with Crippen molar-refractivity contribution in [3.63, 3.8) is 0 Å². The largest absolute Gasteiger partial charge is 0.0888 e. The number of allylic oxidation sites excluding steroid dienone is 4. The Labute approximate surface area is 48.5 Å². The van der Waals surface area contributed by atoms with Gasteiger partial charge in [0.25, 0.3) is 0 Å². The molecular weight excluding hydrogens is 108 g/mol. The molecule has 0 nitrogen and oxygen atoms in total. The van der Waals surface area contributed by atoms with E-state index in [1.807, 2.05) is 18.6 Å². The van der Waals surface area contributed by atoms with Crippen LogP contribution in [0.4, 0.5) is 0 Å². The fraction of sp³-hybridized carbons (Fsp3) is 0.167. The minimum Gasteiger partial charge on any atom is -0.0888 e. The lowest BCUT2D eigenvalue weighted by Crippen LogP contribution is -1.77. The second-order valence-corrected chi connectivity index (χ2v) is 1.86. The topological polar surface area (TPSA) is 0 Å². The van der Waals surface area contributed by atoms with Crippen molar-refractivity contribution in [2.75, 3.05) is 0 Å². The quantitative estimate of drug-likeness (QED) is 0.452. The lowest BCUT2D eigenvalue weighted by atomic mass is 10.2. The average molecular weight is 114 g/mol. The van der Waals surface area contributed by atoms with Gasteiger partial charge in [-0.05, 0) is 12.5 Å². The van der Waals surface area contributed by atoms with E-state index in [1.54, 1.807) is 0 Å². The third kappa shape index (κ3) is 1.36. The van der Waals surface area contributed by atoms with Crippen molar-refractivity contribution in [2.45, 2.75) is 6.42 Å². The molecule has 1 heteroatoms. The van der Waals surface area contributed by atoms with Crippen LogP contribution in [0.25, 0.3) is 0 Å². The molecule has 0 saturated heterocycles. The molecule has 0 unspecified atom stereocenters. The summed E-state index contributed by atoms with van der Waals surface area (Å²) in [6.07, 6.45) is 8.86. The summed E-state index contributed by atoms with van der Waals surface area (Å²) in [6.45, 7) is 0.